The van der Waals surface area contributed by atoms with Crippen LogP contribution in [0.1, 0.15) is 42.9 Å². The number of halogens is 3. The molecule has 0 radical (unpaired) electrons. The van der Waals surface area contributed by atoms with Gasteiger partial charge >= 0.3 is 12.2 Å². The minimum Gasteiger partial charge on any atom is -0.396 e. The number of hydrogen-bond donors (Lipinski definition) is 2. The standard InChI is InChI=1S/C15H21F3N4O2/c1-10-8-12(15(16,17)18)21-13(20-10)9-19-14(24)22-6-3-2-4-11(22)5-7-23/h8,11,23H,2-7,9H2,1H3,(H,19,24)/t11-/m0/s1. The molecular weight excluding hydrogens is 325 g/mol. The Labute approximate surface area is 138 Å². The molecule has 6 nitrogen and oxygen atoms in total. The van der Waals surface area contributed by atoms with E-state index in [1.165, 1.54) is 6.92 Å². The van der Waals surface area contributed by atoms with E-state index in [0.717, 1.165) is 25.3 Å². The maximum atomic E-state index is 12.8. The van der Waals surface area contributed by atoms with Crippen molar-refractivity contribution in [2.75, 3.05) is 13.2 Å². The van der Waals surface area contributed by atoms with Gasteiger partial charge in [0, 0.05) is 24.9 Å². The lowest BCUT2D eigenvalue weighted by Crippen LogP contribution is -2.48. The van der Waals surface area contributed by atoms with Gasteiger partial charge in [-0.05, 0) is 38.7 Å². The smallest absolute Gasteiger partial charge is 0.396 e. The number of piperidine rings is 1. The van der Waals surface area contributed by atoms with E-state index in [1.54, 1.807) is 4.90 Å². The molecule has 0 saturated carbocycles. The maximum Gasteiger partial charge on any atom is 0.433 e. The molecule has 1 saturated heterocycles. The molecule has 1 aliphatic heterocycles. The molecule has 0 aliphatic carbocycles. The molecule has 0 spiro atoms. The largest absolute Gasteiger partial charge is 0.433 e. The van der Waals surface area contributed by atoms with Crippen LogP contribution in [-0.4, -0.2) is 45.2 Å². The first-order valence-electron chi connectivity index (χ1n) is 7.88. The summed E-state index contributed by atoms with van der Waals surface area (Å²) in [7, 11) is 0. The fourth-order valence-corrected chi connectivity index (χ4v) is 2.83. The maximum absolute atomic E-state index is 12.8. The normalized spacial score (nSPS) is 18.5. The second-order valence-electron chi connectivity index (χ2n) is 5.82. The molecule has 2 amide bonds. The molecule has 134 valence electrons. The van der Waals surface area contributed by atoms with Gasteiger partial charge in [0.1, 0.15) is 11.5 Å². The highest BCUT2D eigenvalue weighted by molar-refractivity contribution is 5.74. The van der Waals surface area contributed by atoms with Gasteiger partial charge in [0.2, 0.25) is 0 Å². The van der Waals surface area contributed by atoms with Crippen LogP contribution in [0.4, 0.5) is 18.0 Å². The van der Waals surface area contributed by atoms with Crippen LogP contribution < -0.4 is 5.32 Å². The van der Waals surface area contributed by atoms with Crippen LogP contribution in [0.15, 0.2) is 6.07 Å². The summed E-state index contributed by atoms with van der Waals surface area (Å²) in [5.41, 5.74) is -0.826. The van der Waals surface area contributed by atoms with E-state index >= 15 is 0 Å². The minimum absolute atomic E-state index is 0.00954. The fraction of sp³-hybridized carbons (Fsp3) is 0.667. The zero-order valence-electron chi connectivity index (χ0n) is 13.4. The van der Waals surface area contributed by atoms with Crippen LogP contribution in [0.25, 0.3) is 0 Å². The van der Waals surface area contributed by atoms with Crippen molar-refractivity contribution in [3.05, 3.63) is 23.3 Å². The Kier molecular flexibility index (Phi) is 5.98. The zero-order valence-corrected chi connectivity index (χ0v) is 13.4. The van der Waals surface area contributed by atoms with Gasteiger partial charge in [-0.2, -0.15) is 13.2 Å². The summed E-state index contributed by atoms with van der Waals surface area (Å²) >= 11 is 0. The van der Waals surface area contributed by atoms with Crippen LogP contribution >= 0.6 is 0 Å². The number of likely N-dealkylation sites (tertiary alicyclic amines) is 1. The number of aryl methyl sites for hydroxylation is 1. The van der Waals surface area contributed by atoms with E-state index in [0.29, 0.717) is 13.0 Å². The molecule has 0 aromatic carbocycles. The molecule has 0 unspecified atom stereocenters. The van der Waals surface area contributed by atoms with Crippen LogP contribution in [0.2, 0.25) is 0 Å². The summed E-state index contributed by atoms with van der Waals surface area (Å²) in [5, 5.41) is 11.7. The van der Waals surface area contributed by atoms with Crippen LogP contribution in [-0.2, 0) is 12.7 Å². The van der Waals surface area contributed by atoms with Gasteiger partial charge in [-0.25, -0.2) is 14.8 Å². The molecule has 9 heteroatoms. The van der Waals surface area contributed by atoms with Crippen molar-refractivity contribution in [2.45, 2.75) is 51.4 Å². The van der Waals surface area contributed by atoms with Gasteiger partial charge in [-0.1, -0.05) is 0 Å². The number of carbonyl (C=O) groups is 1. The quantitative estimate of drug-likeness (QED) is 0.876. The third-order valence-corrected chi connectivity index (χ3v) is 3.94. The number of alkyl halides is 3. The van der Waals surface area contributed by atoms with Crippen molar-refractivity contribution in [3.8, 4) is 0 Å². The Balaban J connectivity index is 2.02. The molecule has 1 aromatic rings. The van der Waals surface area contributed by atoms with Crippen molar-refractivity contribution in [1.82, 2.24) is 20.2 Å². The first kappa shape index (κ1) is 18.4. The molecule has 1 atom stereocenters. The van der Waals surface area contributed by atoms with Crippen molar-refractivity contribution in [3.63, 3.8) is 0 Å². The van der Waals surface area contributed by atoms with Crippen molar-refractivity contribution in [2.24, 2.45) is 0 Å². The molecule has 1 aliphatic rings. The van der Waals surface area contributed by atoms with Crippen LogP contribution in [0, 0.1) is 6.92 Å². The summed E-state index contributed by atoms with van der Waals surface area (Å²) in [6.07, 6.45) is -1.38. The van der Waals surface area contributed by atoms with E-state index in [2.05, 4.69) is 15.3 Å². The number of nitrogens with zero attached hydrogens (tertiary/aromatic N) is 3. The van der Waals surface area contributed by atoms with Crippen molar-refractivity contribution >= 4 is 6.03 Å². The van der Waals surface area contributed by atoms with Gasteiger partial charge in [0.15, 0.2) is 0 Å². The molecule has 2 heterocycles. The number of amides is 2. The third-order valence-electron chi connectivity index (χ3n) is 3.94. The topological polar surface area (TPSA) is 78.4 Å². The lowest BCUT2D eigenvalue weighted by atomic mass is 10.0. The summed E-state index contributed by atoms with van der Waals surface area (Å²) < 4.78 is 38.3. The van der Waals surface area contributed by atoms with E-state index in [9.17, 15) is 18.0 Å². The van der Waals surface area contributed by atoms with Gasteiger partial charge in [-0.15, -0.1) is 0 Å². The second kappa shape index (κ2) is 7.78. The Hall–Kier alpha value is -1.90. The summed E-state index contributed by atoms with van der Waals surface area (Å²) in [6, 6.07) is 0.451. The number of aliphatic hydroxyl groups is 1. The molecule has 2 N–H and O–H groups in total. The van der Waals surface area contributed by atoms with Crippen molar-refractivity contribution < 1.29 is 23.1 Å². The SMILES string of the molecule is Cc1cc(C(F)(F)F)nc(CNC(=O)N2CCCC[C@H]2CCO)n1. The molecule has 2 rings (SSSR count). The summed E-state index contributed by atoms with van der Waals surface area (Å²) in [6.45, 7) is 1.83. The van der Waals surface area contributed by atoms with E-state index in [-0.39, 0.29) is 36.7 Å². The van der Waals surface area contributed by atoms with Gasteiger partial charge in [0.05, 0.1) is 6.54 Å². The number of carbonyl (C=O) groups excluding carboxylic acids is 1. The number of aliphatic hydroxyl groups excluding tert-OH is 1. The monoisotopic (exact) mass is 346 g/mol. The highest BCUT2D eigenvalue weighted by atomic mass is 19.4. The summed E-state index contributed by atoms with van der Waals surface area (Å²) in [5.74, 6) is -0.0774. The average Bonchev–Trinajstić information content (AvgIpc) is 2.52. The van der Waals surface area contributed by atoms with E-state index in [4.69, 9.17) is 5.11 Å². The lowest BCUT2D eigenvalue weighted by Gasteiger charge is -2.35. The van der Waals surface area contributed by atoms with E-state index in [1.807, 2.05) is 0 Å². The number of rotatable bonds is 4. The zero-order chi connectivity index (χ0) is 17.7. The second-order valence-corrected chi connectivity index (χ2v) is 5.82. The minimum atomic E-state index is -4.55. The number of nitrogens with one attached hydrogen (secondary N) is 1. The first-order chi connectivity index (χ1) is 11.3. The Bertz CT molecular complexity index is 578. The van der Waals surface area contributed by atoms with Gasteiger partial charge in [-0.3, -0.25) is 0 Å². The van der Waals surface area contributed by atoms with Crippen LogP contribution in [0.5, 0.6) is 0 Å². The average molecular weight is 346 g/mol. The Morgan fingerprint density at radius 1 is 1.42 bits per heavy atom. The molecular formula is C15H21F3N4O2. The fourth-order valence-electron chi connectivity index (χ4n) is 2.83. The van der Waals surface area contributed by atoms with Crippen LogP contribution in [0.3, 0.4) is 0 Å². The number of urea groups is 1. The highest BCUT2D eigenvalue weighted by Crippen LogP contribution is 2.27. The third kappa shape index (κ3) is 4.80. The van der Waals surface area contributed by atoms with Gasteiger partial charge < -0.3 is 15.3 Å². The summed E-state index contributed by atoms with van der Waals surface area (Å²) in [4.78, 5) is 21.3. The Morgan fingerprint density at radius 2 is 2.17 bits per heavy atom. The first-order valence-corrected chi connectivity index (χ1v) is 7.88. The predicted molar refractivity (Wildman–Crippen MR) is 80.1 cm³/mol. The molecule has 0 bridgehead atoms. The molecule has 1 aromatic heterocycles. The van der Waals surface area contributed by atoms with E-state index < -0.39 is 11.9 Å². The Morgan fingerprint density at radius 3 is 2.83 bits per heavy atom. The molecule has 24 heavy (non-hydrogen) atoms. The van der Waals surface area contributed by atoms with Gasteiger partial charge in [0.25, 0.3) is 0 Å². The number of hydrogen-bond acceptors (Lipinski definition) is 4. The molecule has 1 fully saturated rings. The lowest BCUT2D eigenvalue weighted by molar-refractivity contribution is -0.141. The number of aromatic nitrogens is 2. The highest BCUT2D eigenvalue weighted by Gasteiger charge is 2.33. The predicted octanol–water partition coefficient (Wildman–Crippen LogP) is 2.25. The van der Waals surface area contributed by atoms with Crippen molar-refractivity contribution in [1.29, 1.82) is 0 Å².